The first-order chi connectivity index (χ1) is 20.1. The Hall–Kier alpha value is -4.09. The van der Waals surface area contributed by atoms with Gasteiger partial charge in [0, 0.05) is 41.1 Å². The molecule has 4 rings (SSSR count). The van der Waals surface area contributed by atoms with Gasteiger partial charge in [0.25, 0.3) is 5.69 Å². The number of piperidine rings is 1. The lowest BCUT2D eigenvalue weighted by Crippen LogP contribution is -2.39. The number of hydrogen-bond donors (Lipinski definition) is 1. The van der Waals surface area contributed by atoms with Gasteiger partial charge >= 0.3 is 11.9 Å². The monoisotopic (exact) mass is 615 g/mol. The van der Waals surface area contributed by atoms with Crippen LogP contribution in [0.2, 0.25) is 0 Å². The second-order valence-electron chi connectivity index (χ2n) is 10.3. The van der Waals surface area contributed by atoms with Crippen molar-refractivity contribution in [3.63, 3.8) is 0 Å². The summed E-state index contributed by atoms with van der Waals surface area (Å²) in [5, 5.41) is 14.9. The number of halogens is 2. The number of nitrogens with zero attached hydrogens (tertiary/aromatic N) is 2. The molecule has 2 aliphatic heterocycles. The van der Waals surface area contributed by atoms with Gasteiger partial charge in [0.2, 0.25) is 0 Å². The third-order valence-electron chi connectivity index (χ3n) is 7.65. The van der Waals surface area contributed by atoms with Crippen molar-refractivity contribution in [3.8, 4) is 0 Å². The number of dihydropyridines is 1. The molecule has 10 nitrogen and oxygen atoms in total. The number of nitro benzene ring substituents is 1. The molecule has 1 atom stereocenters. The molecule has 2 aromatic rings. The molecule has 1 fully saturated rings. The number of ketones is 1. The fourth-order valence-corrected chi connectivity index (χ4v) is 5.57. The van der Waals surface area contributed by atoms with E-state index >= 15 is 0 Å². The number of rotatable bonds is 10. The van der Waals surface area contributed by atoms with Gasteiger partial charge in [0.15, 0.2) is 5.78 Å². The fourth-order valence-electron chi connectivity index (χ4n) is 5.57. The number of benzene rings is 2. The molecule has 43 heavy (non-hydrogen) atoms. The average Bonchev–Trinajstić information content (AvgIpc) is 2.97. The highest BCUT2D eigenvalue weighted by atomic mass is 35.5. The quantitative estimate of drug-likeness (QED) is 0.168. The fraction of sp³-hybridized carbons (Fsp3) is 0.387. The molecule has 0 aromatic heterocycles. The lowest BCUT2D eigenvalue weighted by molar-refractivity contribution is -0.385. The lowest BCUT2D eigenvalue weighted by atomic mass is 9.79. The topological polar surface area (TPSA) is 128 Å². The van der Waals surface area contributed by atoms with Crippen LogP contribution in [0.5, 0.6) is 0 Å². The van der Waals surface area contributed by atoms with Crippen molar-refractivity contribution in [1.82, 2.24) is 10.2 Å². The van der Waals surface area contributed by atoms with E-state index in [1.807, 2.05) is 0 Å². The van der Waals surface area contributed by atoms with E-state index in [0.29, 0.717) is 49.4 Å². The molecule has 2 heterocycles. The SMILES string of the molecule is CCOC(=O)C1=C(C)NC(C)=C(C(=O)OCCN2CCC(C(=O)c3ccc(F)cc3)CC2)C1c1ccccc1[N+](=O)[O-].Cl. The van der Waals surface area contributed by atoms with Gasteiger partial charge in [-0.2, -0.15) is 0 Å². The van der Waals surface area contributed by atoms with E-state index in [4.69, 9.17) is 9.47 Å². The van der Waals surface area contributed by atoms with Gasteiger partial charge in [-0.05, 0) is 71.0 Å². The molecule has 2 aromatic carbocycles. The molecule has 0 radical (unpaired) electrons. The van der Waals surface area contributed by atoms with Gasteiger partial charge in [0.05, 0.1) is 28.6 Å². The summed E-state index contributed by atoms with van der Waals surface area (Å²) in [6.45, 7) is 6.80. The lowest BCUT2D eigenvalue weighted by Gasteiger charge is -2.32. The Morgan fingerprint density at radius 3 is 2.14 bits per heavy atom. The molecule has 1 N–H and O–H groups in total. The maximum Gasteiger partial charge on any atom is 0.336 e. The first-order valence-corrected chi connectivity index (χ1v) is 13.9. The smallest absolute Gasteiger partial charge is 0.336 e. The number of ether oxygens (including phenoxy) is 2. The number of hydrogen-bond acceptors (Lipinski definition) is 9. The molecular weight excluding hydrogens is 581 g/mol. The molecule has 0 saturated carbocycles. The maximum atomic E-state index is 13.5. The number of likely N-dealkylation sites (tertiary alicyclic amines) is 1. The second kappa shape index (κ2) is 14.9. The van der Waals surface area contributed by atoms with Crippen LogP contribution in [0, 0.1) is 21.8 Å². The van der Waals surface area contributed by atoms with Gasteiger partial charge in [-0.1, -0.05) is 18.2 Å². The van der Waals surface area contributed by atoms with Crippen LogP contribution in [0.1, 0.15) is 55.5 Å². The highest BCUT2D eigenvalue weighted by molar-refractivity contribution is 6.00. The van der Waals surface area contributed by atoms with Crippen molar-refractivity contribution in [2.24, 2.45) is 5.92 Å². The summed E-state index contributed by atoms with van der Waals surface area (Å²) in [4.78, 5) is 52.8. The number of esters is 2. The molecule has 0 bridgehead atoms. The molecule has 0 aliphatic carbocycles. The van der Waals surface area contributed by atoms with Crippen LogP contribution >= 0.6 is 12.4 Å². The zero-order valence-electron chi connectivity index (χ0n) is 24.3. The van der Waals surface area contributed by atoms with Crippen molar-refractivity contribution in [3.05, 3.63) is 98.1 Å². The van der Waals surface area contributed by atoms with Gasteiger partial charge in [-0.15, -0.1) is 12.4 Å². The Bertz CT molecular complexity index is 1430. The van der Waals surface area contributed by atoms with E-state index in [1.54, 1.807) is 26.8 Å². The summed E-state index contributed by atoms with van der Waals surface area (Å²) in [7, 11) is 0. The van der Waals surface area contributed by atoms with Gasteiger partial charge < -0.3 is 14.8 Å². The highest BCUT2D eigenvalue weighted by Gasteiger charge is 2.41. The van der Waals surface area contributed by atoms with Crippen LogP contribution in [-0.4, -0.2) is 60.4 Å². The standard InChI is InChI=1S/C31H34FN3O7.ClH/c1-4-41-30(37)26-19(2)33-20(3)27(28(26)24-7-5-6-8-25(24)35(39)40)31(38)42-18-17-34-15-13-22(14-16-34)29(36)21-9-11-23(32)12-10-21;/h5-12,22,28,33H,4,13-18H2,1-3H3;1H. The molecule has 0 amide bonds. The Morgan fingerprint density at radius 2 is 1.56 bits per heavy atom. The van der Waals surface area contributed by atoms with Gasteiger partial charge in [0.1, 0.15) is 12.4 Å². The third-order valence-corrected chi connectivity index (χ3v) is 7.65. The molecule has 12 heteroatoms. The number of carbonyl (C=O) groups excluding carboxylic acids is 3. The number of nitrogens with one attached hydrogen (secondary N) is 1. The molecule has 1 unspecified atom stereocenters. The van der Waals surface area contributed by atoms with E-state index in [9.17, 15) is 28.9 Å². The van der Waals surface area contributed by atoms with Gasteiger partial charge in [-0.25, -0.2) is 14.0 Å². The highest BCUT2D eigenvalue weighted by Crippen LogP contribution is 2.42. The van der Waals surface area contributed by atoms with E-state index in [0.717, 1.165) is 0 Å². The van der Waals surface area contributed by atoms with Gasteiger partial charge in [-0.3, -0.25) is 19.8 Å². The molecule has 230 valence electrons. The van der Waals surface area contributed by atoms with E-state index in [2.05, 4.69) is 10.2 Å². The minimum atomic E-state index is -1.06. The Labute approximate surface area is 255 Å². The van der Waals surface area contributed by atoms with E-state index < -0.39 is 22.8 Å². The van der Waals surface area contributed by atoms with Crippen LogP contribution in [0.25, 0.3) is 0 Å². The zero-order chi connectivity index (χ0) is 30.4. The summed E-state index contributed by atoms with van der Waals surface area (Å²) < 4.78 is 24.1. The summed E-state index contributed by atoms with van der Waals surface area (Å²) in [5.74, 6) is -2.99. The molecule has 1 saturated heterocycles. The Balaban J connectivity index is 0.00000506. The average molecular weight is 616 g/mol. The number of Topliss-reactive ketones (excluding diaryl/α,β-unsaturated/α-hetero) is 1. The number of nitro groups is 1. The van der Waals surface area contributed by atoms with Crippen LogP contribution in [0.3, 0.4) is 0 Å². The van der Waals surface area contributed by atoms with Crippen molar-refractivity contribution >= 4 is 35.8 Å². The summed E-state index contributed by atoms with van der Waals surface area (Å²) >= 11 is 0. The number of allylic oxidation sites excluding steroid dienone is 2. The first kappa shape index (κ1) is 33.4. The minimum Gasteiger partial charge on any atom is -0.463 e. The first-order valence-electron chi connectivity index (χ1n) is 13.9. The summed E-state index contributed by atoms with van der Waals surface area (Å²) in [5.41, 5.74) is 1.52. The minimum absolute atomic E-state index is 0. The predicted molar refractivity (Wildman–Crippen MR) is 159 cm³/mol. The summed E-state index contributed by atoms with van der Waals surface area (Å²) in [6, 6.07) is 11.6. The van der Waals surface area contributed by atoms with Crippen molar-refractivity contribution in [2.75, 3.05) is 32.8 Å². The van der Waals surface area contributed by atoms with Crippen molar-refractivity contribution < 1.29 is 33.2 Å². The maximum absolute atomic E-state index is 13.5. The Kier molecular flexibility index (Phi) is 11.6. The molecular formula is C31H35ClFN3O7. The number of carbonyl (C=O) groups is 3. The van der Waals surface area contributed by atoms with Crippen LogP contribution in [0.4, 0.5) is 10.1 Å². The van der Waals surface area contributed by atoms with Crippen LogP contribution in [-0.2, 0) is 19.1 Å². The third kappa shape index (κ3) is 7.66. The zero-order valence-corrected chi connectivity index (χ0v) is 25.1. The van der Waals surface area contributed by atoms with Crippen molar-refractivity contribution in [1.29, 1.82) is 0 Å². The predicted octanol–water partition coefficient (Wildman–Crippen LogP) is 5.09. The van der Waals surface area contributed by atoms with E-state index in [1.165, 1.54) is 42.5 Å². The van der Waals surface area contributed by atoms with Crippen LogP contribution in [0.15, 0.2) is 71.1 Å². The Morgan fingerprint density at radius 1 is 0.977 bits per heavy atom. The largest absolute Gasteiger partial charge is 0.463 e. The second-order valence-corrected chi connectivity index (χ2v) is 10.3. The van der Waals surface area contributed by atoms with E-state index in [-0.39, 0.29) is 65.5 Å². The van der Waals surface area contributed by atoms with Crippen LogP contribution < -0.4 is 5.32 Å². The molecule has 2 aliphatic rings. The number of para-hydroxylation sites is 1. The summed E-state index contributed by atoms with van der Waals surface area (Å²) in [6.07, 6.45) is 1.26. The van der Waals surface area contributed by atoms with Crippen molar-refractivity contribution in [2.45, 2.75) is 39.5 Å². The normalized spacial score (nSPS) is 17.5. The molecule has 0 spiro atoms.